The van der Waals surface area contributed by atoms with E-state index in [9.17, 15) is 18.0 Å². The highest BCUT2D eigenvalue weighted by molar-refractivity contribution is 7.09. The second kappa shape index (κ2) is 7.61. The number of thiophene rings is 1. The molecule has 1 amide bonds. The minimum absolute atomic E-state index is 0.190. The third kappa shape index (κ3) is 5.37. The topological polar surface area (TPSA) is 32.3 Å². The van der Waals surface area contributed by atoms with Gasteiger partial charge in [-0.2, -0.15) is 13.2 Å². The van der Waals surface area contributed by atoms with Gasteiger partial charge in [0.15, 0.2) is 0 Å². The van der Waals surface area contributed by atoms with E-state index in [2.05, 4.69) is 5.32 Å². The van der Waals surface area contributed by atoms with Crippen LogP contribution in [-0.4, -0.2) is 23.9 Å². The Bertz CT molecular complexity index is 624. The quantitative estimate of drug-likeness (QED) is 0.852. The van der Waals surface area contributed by atoms with Crippen LogP contribution < -0.4 is 5.32 Å². The van der Waals surface area contributed by atoms with Crippen molar-refractivity contribution in [3.63, 3.8) is 0 Å². The molecule has 0 atom stereocenters. The Balaban J connectivity index is 1.90. The Morgan fingerprint density at radius 3 is 2.43 bits per heavy atom. The Hall–Kier alpha value is -1.86. The zero-order chi connectivity index (χ0) is 16.9. The van der Waals surface area contributed by atoms with E-state index in [4.69, 9.17) is 0 Å². The van der Waals surface area contributed by atoms with Crippen LogP contribution in [0.15, 0.2) is 41.8 Å². The number of benzene rings is 1. The van der Waals surface area contributed by atoms with Crippen molar-refractivity contribution in [3.05, 3.63) is 52.2 Å². The summed E-state index contributed by atoms with van der Waals surface area (Å²) in [6.07, 6.45) is -4.37. The van der Waals surface area contributed by atoms with E-state index in [1.165, 1.54) is 12.1 Å². The molecule has 0 saturated carbocycles. The zero-order valence-electron chi connectivity index (χ0n) is 12.6. The third-order valence-corrected chi connectivity index (χ3v) is 4.13. The van der Waals surface area contributed by atoms with Gasteiger partial charge in [-0.1, -0.05) is 13.0 Å². The number of hydrogen-bond donors (Lipinski definition) is 1. The zero-order valence-corrected chi connectivity index (χ0v) is 13.4. The number of nitrogens with zero attached hydrogens (tertiary/aromatic N) is 1. The Morgan fingerprint density at radius 1 is 1.22 bits per heavy atom. The first-order chi connectivity index (χ1) is 10.9. The molecule has 23 heavy (non-hydrogen) atoms. The highest BCUT2D eigenvalue weighted by Gasteiger charge is 2.29. The molecule has 7 heteroatoms. The molecule has 2 aromatic rings. The molecule has 1 N–H and O–H groups in total. The van der Waals surface area contributed by atoms with Gasteiger partial charge in [0.2, 0.25) is 5.91 Å². The normalized spacial score (nSPS) is 11.7. The molecular weight excluding hydrogens is 325 g/mol. The van der Waals surface area contributed by atoms with Crippen molar-refractivity contribution in [1.29, 1.82) is 0 Å². The van der Waals surface area contributed by atoms with Gasteiger partial charge in [0.25, 0.3) is 0 Å². The van der Waals surface area contributed by atoms with Crippen molar-refractivity contribution in [3.8, 4) is 0 Å². The first kappa shape index (κ1) is 17.5. The molecule has 0 fully saturated rings. The smallest absolute Gasteiger partial charge is 0.325 e. The van der Waals surface area contributed by atoms with Crippen LogP contribution in [-0.2, 0) is 17.5 Å². The number of halogens is 3. The number of nitrogens with one attached hydrogen (secondary N) is 1. The van der Waals surface area contributed by atoms with Crippen molar-refractivity contribution < 1.29 is 18.0 Å². The van der Waals surface area contributed by atoms with Crippen LogP contribution >= 0.6 is 11.3 Å². The first-order valence-electron chi connectivity index (χ1n) is 7.10. The van der Waals surface area contributed by atoms with Crippen LogP contribution in [0.2, 0.25) is 0 Å². The number of alkyl halides is 3. The summed E-state index contributed by atoms with van der Waals surface area (Å²) >= 11 is 1.62. The molecule has 0 aliphatic rings. The van der Waals surface area contributed by atoms with Crippen LogP contribution in [0.5, 0.6) is 0 Å². The number of likely N-dealkylation sites (N-methyl/N-ethyl adjacent to an activating group) is 1. The molecule has 0 aliphatic heterocycles. The monoisotopic (exact) mass is 342 g/mol. The van der Waals surface area contributed by atoms with Gasteiger partial charge in [-0.25, -0.2) is 0 Å². The molecule has 3 nitrogen and oxygen atoms in total. The van der Waals surface area contributed by atoms with Crippen LogP contribution in [0.1, 0.15) is 17.4 Å². The maximum atomic E-state index is 12.5. The van der Waals surface area contributed by atoms with Crippen molar-refractivity contribution in [1.82, 2.24) is 4.90 Å². The Labute approximate surface area is 136 Å². The predicted octanol–water partition coefficient (Wildman–Crippen LogP) is 4.23. The summed E-state index contributed by atoms with van der Waals surface area (Å²) in [4.78, 5) is 15.1. The minimum atomic E-state index is -4.37. The number of hydrogen-bond acceptors (Lipinski definition) is 3. The number of rotatable bonds is 6. The van der Waals surface area contributed by atoms with Crippen LogP contribution in [0.25, 0.3) is 0 Å². The van der Waals surface area contributed by atoms with E-state index in [1.807, 2.05) is 29.3 Å². The Morgan fingerprint density at radius 2 is 1.91 bits per heavy atom. The lowest BCUT2D eigenvalue weighted by Gasteiger charge is -2.19. The lowest BCUT2D eigenvalue weighted by molar-refractivity contribution is -0.137. The average molecular weight is 342 g/mol. The second-order valence-electron chi connectivity index (χ2n) is 5.01. The van der Waals surface area contributed by atoms with Gasteiger partial charge in [-0.05, 0) is 42.3 Å². The van der Waals surface area contributed by atoms with E-state index in [-0.39, 0.29) is 12.5 Å². The first-order valence-corrected chi connectivity index (χ1v) is 7.98. The summed E-state index contributed by atoms with van der Waals surface area (Å²) in [5, 5.41) is 4.60. The molecular formula is C16H17F3N2OS. The summed E-state index contributed by atoms with van der Waals surface area (Å²) in [6.45, 7) is 3.53. The maximum Gasteiger partial charge on any atom is 0.416 e. The molecule has 2 rings (SSSR count). The molecule has 0 saturated heterocycles. The highest BCUT2D eigenvalue weighted by atomic mass is 32.1. The van der Waals surface area contributed by atoms with Gasteiger partial charge in [0, 0.05) is 17.1 Å². The van der Waals surface area contributed by atoms with Gasteiger partial charge in [0.1, 0.15) is 0 Å². The SMILES string of the molecule is CCN(CC(=O)Nc1ccc(C(F)(F)F)cc1)Cc1cccs1. The van der Waals surface area contributed by atoms with Gasteiger partial charge < -0.3 is 5.32 Å². The number of carbonyl (C=O) groups excluding carboxylic acids is 1. The molecule has 0 aliphatic carbocycles. The number of anilines is 1. The summed E-state index contributed by atoms with van der Waals surface area (Å²) in [7, 11) is 0. The van der Waals surface area contributed by atoms with E-state index in [0.29, 0.717) is 18.8 Å². The van der Waals surface area contributed by atoms with Crippen LogP contribution in [0.4, 0.5) is 18.9 Å². The van der Waals surface area contributed by atoms with Gasteiger partial charge in [-0.15, -0.1) is 11.3 Å². The van der Waals surface area contributed by atoms with Crippen molar-refractivity contribution in [2.75, 3.05) is 18.4 Å². The van der Waals surface area contributed by atoms with Gasteiger partial charge >= 0.3 is 6.18 Å². The van der Waals surface area contributed by atoms with Gasteiger partial charge in [-0.3, -0.25) is 9.69 Å². The van der Waals surface area contributed by atoms with Crippen molar-refractivity contribution in [2.45, 2.75) is 19.6 Å². The largest absolute Gasteiger partial charge is 0.416 e. The molecule has 1 aromatic heterocycles. The summed E-state index contributed by atoms with van der Waals surface area (Å²) in [6, 6.07) is 8.39. The molecule has 0 bridgehead atoms. The average Bonchev–Trinajstić information content (AvgIpc) is 2.99. The van der Waals surface area contributed by atoms with E-state index in [0.717, 1.165) is 17.0 Å². The van der Waals surface area contributed by atoms with E-state index in [1.54, 1.807) is 11.3 Å². The predicted molar refractivity (Wildman–Crippen MR) is 85.3 cm³/mol. The lowest BCUT2D eigenvalue weighted by Crippen LogP contribution is -2.32. The van der Waals surface area contributed by atoms with Gasteiger partial charge in [0.05, 0.1) is 12.1 Å². The maximum absolute atomic E-state index is 12.5. The second-order valence-corrected chi connectivity index (χ2v) is 6.04. The fourth-order valence-corrected chi connectivity index (χ4v) is 2.79. The fraction of sp³-hybridized carbons (Fsp3) is 0.312. The van der Waals surface area contributed by atoms with E-state index < -0.39 is 11.7 Å². The summed E-state index contributed by atoms with van der Waals surface area (Å²) in [5.41, 5.74) is -0.376. The standard InChI is InChI=1S/C16H17F3N2OS/c1-2-21(10-14-4-3-9-23-14)11-15(22)20-13-7-5-12(6-8-13)16(17,18)19/h3-9H,2,10-11H2,1H3,(H,20,22). The van der Waals surface area contributed by atoms with Crippen LogP contribution in [0, 0.1) is 0 Å². The molecule has 0 unspecified atom stereocenters. The fourth-order valence-electron chi connectivity index (χ4n) is 2.05. The number of carbonyl (C=O) groups is 1. The Kier molecular flexibility index (Phi) is 5.79. The highest BCUT2D eigenvalue weighted by Crippen LogP contribution is 2.29. The molecule has 0 radical (unpaired) electrons. The van der Waals surface area contributed by atoms with Crippen molar-refractivity contribution >= 4 is 22.9 Å². The van der Waals surface area contributed by atoms with Crippen molar-refractivity contribution in [2.24, 2.45) is 0 Å². The minimum Gasteiger partial charge on any atom is -0.325 e. The summed E-state index contributed by atoms with van der Waals surface area (Å²) in [5.74, 6) is -0.247. The number of amides is 1. The summed E-state index contributed by atoms with van der Waals surface area (Å²) < 4.78 is 37.5. The van der Waals surface area contributed by atoms with E-state index >= 15 is 0 Å². The van der Waals surface area contributed by atoms with Crippen LogP contribution in [0.3, 0.4) is 0 Å². The third-order valence-electron chi connectivity index (χ3n) is 3.27. The molecule has 1 heterocycles. The molecule has 0 spiro atoms. The lowest BCUT2D eigenvalue weighted by atomic mass is 10.2. The molecule has 1 aromatic carbocycles. The molecule has 124 valence electrons.